The highest BCUT2D eigenvalue weighted by Crippen LogP contribution is 2.31. The summed E-state index contributed by atoms with van der Waals surface area (Å²) < 4.78 is 44.2. The molecule has 4 rings (SSSR count). The van der Waals surface area contributed by atoms with E-state index in [2.05, 4.69) is 32.4 Å². The first-order valence-electron chi connectivity index (χ1n) is 11.2. The number of ether oxygens (including phenoxy) is 1. The van der Waals surface area contributed by atoms with Gasteiger partial charge in [0.05, 0.1) is 11.3 Å². The summed E-state index contributed by atoms with van der Waals surface area (Å²) in [4.78, 5) is 17.1. The zero-order chi connectivity index (χ0) is 25.0. The van der Waals surface area contributed by atoms with Crippen LogP contribution in [0.3, 0.4) is 0 Å². The lowest BCUT2D eigenvalue weighted by molar-refractivity contribution is -0.137. The average Bonchev–Trinajstić information content (AvgIpc) is 2.84. The quantitative estimate of drug-likeness (QED) is 0.561. The molecular weight excluding hydrogens is 459 g/mol. The Hall–Kier alpha value is -3.66. The number of hydrogen-bond donors (Lipinski definition) is 1. The molecule has 1 atom stereocenters. The number of hydrogen-bond acceptors (Lipinski definition) is 6. The van der Waals surface area contributed by atoms with E-state index in [0.717, 1.165) is 49.7 Å². The van der Waals surface area contributed by atoms with E-state index in [1.807, 2.05) is 18.2 Å². The molecule has 0 saturated carbocycles. The van der Waals surface area contributed by atoms with Crippen LogP contribution in [0.25, 0.3) is 11.3 Å². The third-order valence-corrected chi connectivity index (χ3v) is 5.75. The summed E-state index contributed by atoms with van der Waals surface area (Å²) in [5, 5.41) is 11.4. The van der Waals surface area contributed by atoms with Gasteiger partial charge in [0, 0.05) is 37.4 Å². The summed E-state index contributed by atoms with van der Waals surface area (Å²) in [6, 6.07) is 15.4. The molecule has 0 bridgehead atoms. The number of anilines is 2. The van der Waals surface area contributed by atoms with Crippen molar-refractivity contribution in [3.8, 4) is 17.0 Å². The Morgan fingerprint density at radius 3 is 2.43 bits per heavy atom. The van der Waals surface area contributed by atoms with Crippen molar-refractivity contribution < 1.29 is 22.7 Å². The van der Waals surface area contributed by atoms with E-state index < -0.39 is 23.8 Å². The van der Waals surface area contributed by atoms with Gasteiger partial charge in [0.15, 0.2) is 11.9 Å². The fraction of sp³-hybridized carbons (Fsp3) is 0.320. The molecule has 7 nitrogen and oxygen atoms in total. The van der Waals surface area contributed by atoms with E-state index in [1.165, 1.54) is 19.1 Å². The van der Waals surface area contributed by atoms with E-state index in [-0.39, 0.29) is 5.75 Å². The highest BCUT2D eigenvalue weighted by molar-refractivity contribution is 5.94. The predicted octanol–water partition coefficient (Wildman–Crippen LogP) is 4.32. The second-order valence-electron chi connectivity index (χ2n) is 8.42. The van der Waals surface area contributed by atoms with Crippen LogP contribution in [0.15, 0.2) is 60.7 Å². The minimum Gasteiger partial charge on any atom is -0.481 e. The van der Waals surface area contributed by atoms with Crippen LogP contribution in [0.5, 0.6) is 5.75 Å². The van der Waals surface area contributed by atoms with Crippen LogP contribution in [-0.2, 0) is 11.0 Å². The molecule has 2 aromatic carbocycles. The van der Waals surface area contributed by atoms with Gasteiger partial charge < -0.3 is 19.9 Å². The summed E-state index contributed by atoms with van der Waals surface area (Å²) >= 11 is 0. The number of amides is 1. The summed E-state index contributed by atoms with van der Waals surface area (Å²) in [6.07, 6.45) is -5.50. The molecule has 1 aliphatic rings. The molecule has 0 spiro atoms. The first kappa shape index (κ1) is 24.5. The molecule has 184 valence electrons. The molecule has 10 heteroatoms. The van der Waals surface area contributed by atoms with E-state index in [4.69, 9.17) is 4.74 Å². The van der Waals surface area contributed by atoms with Crippen molar-refractivity contribution in [2.75, 3.05) is 43.4 Å². The molecule has 2 heterocycles. The number of nitrogens with one attached hydrogen (secondary N) is 1. The molecule has 1 saturated heterocycles. The highest BCUT2D eigenvalue weighted by atomic mass is 19.4. The van der Waals surface area contributed by atoms with E-state index in [1.54, 1.807) is 18.2 Å². The first-order chi connectivity index (χ1) is 16.7. The monoisotopic (exact) mass is 485 g/mol. The molecule has 0 radical (unpaired) electrons. The van der Waals surface area contributed by atoms with Crippen molar-refractivity contribution >= 4 is 17.4 Å². The number of nitrogens with zero attached hydrogens (tertiary/aromatic N) is 4. The van der Waals surface area contributed by atoms with Gasteiger partial charge in [0.25, 0.3) is 5.91 Å². The third-order valence-electron chi connectivity index (χ3n) is 5.75. The summed E-state index contributed by atoms with van der Waals surface area (Å²) in [7, 11) is 2.09. The Morgan fingerprint density at radius 1 is 1.00 bits per heavy atom. The number of benzene rings is 2. The van der Waals surface area contributed by atoms with Crippen LogP contribution < -0.4 is 15.0 Å². The van der Waals surface area contributed by atoms with Gasteiger partial charge in [-0.1, -0.05) is 18.2 Å². The van der Waals surface area contributed by atoms with Gasteiger partial charge in [-0.15, -0.1) is 10.2 Å². The molecule has 1 N–H and O–H groups in total. The highest BCUT2D eigenvalue weighted by Gasteiger charge is 2.31. The Bertz CT molecular complexity index is 1160. The molecule has 1 aromatic heterocycles. The van der Waals surface area contributed by atoms with Crippen LogP contribution in [0.2, 0.25) is 0 Å². The van der Waals surface area contributed by atoms with Crippen molar-refractivity contribution in [1.29, 1.82) is 0 Å². The van der Waals surface area contributed by atoms with Crippen LogP contribution in [-0.4, -0.2) is 60.3 Å². The molecule has 3 aromatic rings. The number of likely N-dealkylation sites (N-methyl/N-ethyl adjacent to an activating group) is 1. The Morgan fingerprint density at radius 2 is 1.74 bits per heavy atom. The number of alkyl halides is 3. The summed E-state index contributed by atoms with van der Waals surface area (Å²) in [5.41, 5.74) is 1.10. The van der Waals surface area contributed by atoms with Gasteiger partial charge in [-0.2, -0.15) is 13.2 Å². The fourth-order valence-electron chi connectivity index (χ4n) is 3.69. The van der Waals surface area contributed by atoms with Crippen LogP contribution in [0, 0.1) is 0 Å². The van der Waals surface area contributed by atoms with Crippen molar-refractivity contribution in [3.05, 3.63) is 66.2 Å². The van der Waals surface area contributed by atoms with Gasteiger partial charge in [0.1, 0.15) is 5.75 Å². The molecule has 35 heavy (non-hydrogen) atoms. The largest absolute Gasteiger partial charge is 0.481 e. The maximum absolute atomic E-state index is 12.9. The SMILES string of the molecule is CC(Oc1cccc(C(F)(F)F)c1)C(=O)Nc1cccc(-c2ccc(N3CCN(C)CC3)nn2)c1. The number of halogens is 3. The van der Waals surface area contributed by atoms with Gasteiger partial charge in [-0.3, -0.25) is 4.79 Å². The first-order valence-corrected chi connectivity index (χ1v) is 11.2. The number of aromatic nitrogens is 2. The van der Waals surface area contributed by atoms with Crippen LogP contribution >= 0.6 is 0 Å². The average molecular weight is 486 g/mol. The molecule has 1 amide bonds. The van der Waals surface area contributed by atoms with Gasteiger partial charge in [-0.05, 0) is 56.4 Å². The molecule has 1 fully saturated rings. The topological polar surface area (TPSA) is 70.6 Å². The second-order valence-corrected chi connectivity index (χ2v) is 8.42. The Kier molecular flexibility index (Phi) is 7.20. The summed E-state index contributed by atoms with van der Waals surface area (Å²) in [5.74, 6) is 0.301. The van der Waals surface area contributed by atoms with Crippen LogP contribution in [0.1, 0.15) is 12.5 Å². The third kappa shape index (κ3) is 6.27. The normalized spacial score (nSPS) is 15.5. The minimum absolute atomic E-state index is 0.0352. The standard InChI is InChI=1S/C25H26F3N5O2/c1-17(35-21-8-4-6-19(16-21)25(26,27)28)24(34)29-20-7-3-5-18(15-20)22-9-10-23(31-30-22)33-13-11-32(2)12-14-33/h3-10,15-17H,11-14H2,1-2H3,(H,29,34). The smallest absolute Gasteiger partial charge is 0.416 e. The maximum atomic E-state index is 12.9. The lowest BCUT2D eigenvalue weighted by Crippen LogP contribution is -2.44. The van der Waals surface area contributed by atoms with E-state index >= 15 is 0 Å². The van der Waals surface area contributed by atoms with Gasteiger partial charge >= 0.3 is 6.18 Å². The van der Waals surface area contributed by atoms with E-state index in [9.17, 15) is 18.0 Å². The summed E-state index contributed by atoms with van der Waals surface area (Å²) in [6.45, 7) is 5.21. The zero-order valence-electron chi connectivity index (χ0n) is 19.4. The number of piperazine rings is 1. The fourth-order valence-corrected chi connectivity index (χ4v) is 3.69. The number of carbonyl (C=O) groups excluding carboxylic acids is 1. The molecule has 1 aliphatic heterocycles. The van der Waals surface area contributed by atoms with E-state index in [0.29, 0.717) is 11.4 Å². The van der Waals surface area contributed by atoms with Gasteiger partial charge in [-0.25, -0.2) is 0 Å². The molecule has 0 aliphatic carbocycles. The van der Waals surface area contributed by atoms with Crippen molar-refractivity contribution in [3.63, 3.8) is 0 Å². The second kappa shape index (κ2) is 10.3. The van der Waals surface area contributed by atoms with Crippen LogP contribution in [0.4, 0.5) is 24.7 Å². The minimum atomic E-state index is -4.49. The van der Waals surface area contributed by atoms with Crippen molar-refractivity contribution in [1.82, 2.24) is 15.1 Å². The van der Waals surface area contributed by atoms with Crippen molar-refractivity contribution in [2.24, 2.45) is 0 Å². The molecular formula is C25H26F3N5O2. The number of rotatable bonds is 6. The van der Waals surface area contributed by atoms with Crippen molar-refractivity contribution in [2.45, 2.75) is 19.2 Å². The zero-order valence-corrected chi connectivity index (χ0v) is 19.4. The Balaban J connectivity index is 1.39. The Labute approximate surface area is 201 Å². The lowest BCUT2D eigenvalue weighted by Gasteiger charge is -2.32. The maximum Gasteiger partial charge on any atom is 0.416 e. The lowest BCUT2D eigenvalue weighted by atomic mass is 10.1. The number of carbonyl (C=O) groups is 1. The molecule has 1 unspecified atom stereocenters. The predicted molar refractivity (Wildman–Crippen MR) is 127 cm³/mol. The van der Waals surface area contributed by atoms with Gasteiger partial charge in [0.2, 0.25) is 0 Å².